The Morgan fingerprint density at radius 2 is 1.88 bits per heavy atom. The van der Waals surface area contributed by atoms with E-state index in [0.717, 1.165) is 49.8 Å². The minimum atomic E-state index is 0.111. The summed E-state index contributed by atoms with van der Waals surface area (Å²) in [5.74, 6) is 1.02. The van der Waals surface area contributed by atoms with Gasteiger partial charge in [0, 0.05) is 25.3 Å². The lowest BCUT2D eigenvalue weighted by molar-refractivity contribution is 0.0704. The summed E-state index contributed by atoms with van der Waals surface area (Å²) in [6.07, 6.45) is 6.73. The van der Waals surface area contributed by atoms with Crippen LogP contribution in [-0.4, -0.2) is 46.3 Å². The third-order valence-electron chi connectivity index (χ3n) is 5.32. The molecule has 1 saturated carbocycles. The van der Waals surface area contributed by atoms with Crippen LogP contribution in [0.2, 0.25) is 0 Å². The van der Waals surface area contributed by atoms with E-state index in [2.05, 4.69) is 10.4 Å². The van der Waals surface area contributed by atoms with Crippen molar-refractivity contribution in [3.8, 4) is 5.69 Å². The van der Waals surface area contributed by atoms with Gasteiger partial charge in [-0.2, -0.15) is 5.10 Å². The third kappa shape index (κ3) is 3.76. The lowest BCUT2D eigenvalue weighted by Crippen LogP contribution is -2.45. The lowest BCUT2D eigenvalue weighted by atomic mass is 10.0. The summed E-state index contributed by atoms with van der Waals surface area (Å²) < 4.78 is 1.80. The molecule has 2 heterocycles. The molecule has 1 aliphatic heterocycles. The van der Waals surface area contributed by atoms with Crippen LogP contribution in [0.1, 0.15) is 41.7 Å². The Balaban J connectivity index is 1.39. The van der Waals surface area contributed by atoms with Gasteiger partial charge in [0.15, 0.2) is 0 Å². The van der Waals surface area contributed by atoms with E-state index in [4.69, 9.17) is 0 Å². The minimum absolute atomic E-state index is 0.111. The maximum Gasteiger partial charge on any atom is 0.257 e. The Kier molecular flexibility index (Phi) is 4.57. The van der Waals surface area contributed by atoms with Gasteiger partial charge in [0.25, 0.3) is 5.91 Å². The second kappa shape index (κ2) is 7.00. The van der Waals surface area contributed by atoms with E-state index in [1.54, 1.807) is 4.68 Å². The van der Waals surface area contributed by atoms with Gasteiger partial charge < -0.3 is 10.2 Å². The van der Waals surface area contributed by atoms with Gasteiger partial charge in [-0.15, -0.1) is 0 Å². The molecule has 1 saturated heterocycles. The van der Waals surface area contributed by atoms with Crippen LogP contribution >= 0.6 is 0 Å². The summed E-state index contributed by atoms with van der Waals surface area (Å²) in [6, 6.07) is 10.5. The molecule has 5 nitrogen and oxygen atoms in total. The first-order valence-electron chi connectivity index (χ1n) is 9.35. The molecule has 1 aliphatic carbocycles. The van der Waals surface area contributed by atoms with Crippen LogP contribution in [0.3, 0.4) is 0 Å². The van der Waals surface area contributed by atoms with Crippen LogP contribution in [0, 0.1) is 12.8 Å². The summed E-state index contributed by atoms with van der Waals surface area (Å²) in [4.78, 5) is 14.9. The first-order chi connectivity index (χ1) is 12.2. The molecule has 0 unspecified atom stereocenters. The average Bonchev–Trinajstić information content (AvgIpc) is 3.41. The number of carbonyl (C=O) groups is 1. The molecule has 132 valence electrons. The van der Waals surface area contributed by atoms with Gasteiger partial charge in [-0.25, -0.2) is 4.68 Å². The van der Waals surface area contributed by atoms with Crippen LogP contribution in [0.25, 0.3) is 5.69 Å². The van der Waals surface area contributed by atoms with E-state index in [9.17, 15) is 4.79 Å². The summed E-state index contributed by atoms with van der Waals surface area (Å²) >= 11 is 0. The van der Waals surface area contributed by atoms with Crippen molar-refractivity contribution in [3.63, 3.8) is 0 Å². The molecule has 0 bridgehead atoms. The number of nitrogens with zero attached hydrogens (tertiary/aromatic N) is 3. The topological polar surface area (TPSA) is 50.2 Å². The summed E-state index contributed by atoms with van der Waals surface area (Å²) in [5.41, 5.74) is 2.49. The highest BCUT2D eigenvalue weighted by atomic mass is 16.2. The number of carbonyl (C=O) groups excluding carboxylic acids is 1. The number of likely N-dealkylation sites (tertiary alicyclic amines) is 1. The monoisotopic (exact) mass is 338 g/mol. The van der Waals surface area contributed by atoms with Crippen molar-refractivity contribution >= 4 is 5.91 Å². The van der Waals surface area contributed by atoms with Crippen LogP contribution in [-0.2, 0) is 0 Å². The molecule has 25 heavy (non-hydrogen) atoms. The van der Waals surface area contributed by atoms with E-state index >= 15 is 0 Å². The van der Waals surface area contributed by atoms with Gasteiger partial charge in [0.2, 0.25) is 0 Å². The van der Waals surface area contributed by atoms with Gasteiger partial charge in [0.05, 0.1) is 16.9 Å². The van der Waals surface area contributed by atoms with Crippen molar-refractivity contribution < 1.29 is 4.79 Å². The van der Waals surface area contributed by atoms with E-state index < -0.39 is 0 Å². The number of aryl methyl sites for hydroxylation is 1. The second-order valence-corrected chi connectivity index (χ2v) is 7.33. The number of hydrogen-bond donors (Lipinski definition) is 1. The highest BCUT2D eigenvalue weighted by Gasteiger charge is 2.27. The standard InChI is InChI=1S/C20H26N4O/c1-15-19(14-24(22-15)18-5-3-2-4-6-18)20(25)23-11-9-17(10-12-23)21-13-16-7-8-16/h2-6,14,16-17,21H,7-13H2,1H3. The van der Waals surface area contributed by atoms with Crippen LogP contribution < -0.4 is 5.32 Å². The lowest BCUT2D eigenvalue weighted by Gasteiger charge is -2.32. The van der Waals surface area contributed by atoms with E-state index in [1.807, 2.05) is 48.4 Å². The molecule has 0 spiro atoms. The number of aromatic nitrogens is 2. The van der Waals surface area contributed by atoms with Crippen molar-refractivity contribution in [3.05, 3.63) is 47.8 Å². The fourth-order valence-electron chi connectivity index (χ4n) is 3.50. The molecule has 2 fully saturated rings. The van der Waals surface area contributed by atoms with Gasteiger partial charge in [-0.3, -0.25) is 4.79 Å². The van der Waals surface area contributed by atoms with Crippen molar-refractivity contribution in [1.29, 1.82) is 0 Å². The van der Waals surface area contributed by atoms with Crippen LogP contribution in [0.15, 0.2) is 36.5 Å². The number of para-hydroxylation sites is 1. The molecule has 0 atom stereocenters. The molecule has 1 aromatic carbocycles. The number of hydrogen-bond acceptors (Lipinski definition) is 3. The highest BCUT2D eigenvalue weighted by Crippen LogP contribution is 2.28. The fraction of sp³-hybridized carbons (Fsp3) is 0.500. The Morgan fingerprint density at radius 1 is 1.16 bits per heavy atom. The SMILES string of the molecule is Cc1nn(-c2ccccc2)cc1C(=O)N1CCC(NCC2CC2)CC1. The van der Waals surface area contributed by atoms with Crippen molar-refractivity contribution in [1.82, 2.24) is 20.0 Å². The zero-order valence-electron chi connectivity index (χ0n) is 14.8. The van der Waals surface area contributed by atoms with E-state index in [0.29, 0.717) is 11.6 Å². The molecule has 4 rings (SSSR count). The maximum atomic E-state index is 12.9. The zero-order valence-corrected chi connectivity index (χ0v) is 14.8. The minimum Gasteiger partial charge on any atom is -0.338 e. The predicted molar refractivity (Wildman–Crippen MR) is 98.0 cm³/mol. The molecule has 0 radical (unpaired) electrons. The van der Waals surface area contributed by atoms with Crippen molar-refractivity contribution in [2.24, 2.45) is 5.92 Å². The molecular formula is C20H26N4O. The maximum absolute atomic E-state index is 12.9. The Morgan fingerprint density at radius 3 is 2.56 bits per heavy atom. The smallest absolute Gasteiger partial charge is 0.257 e. The quantitative estimate of drug-likeness (QED) is 0.912. The largest absolute Gasteiger partial charge is 0.338 e. The Hall–Kier alpha value is -2.14. The van der Waals surface area contributed by atoms with Gasteiger partial charge in [-0.1, -0.05) is 18.2 Å². The molecule has 1 aromatic heterocycles. The van der Waals surface area contributed by atoms with Crippen LogP contribution in [0.4, 0.5) is 0 Å². The molecular weight excluding hydrogens is 312 g/mol. The van der Waals surface area contributed by atoms with E-state index in [1.165, 1.54) is 12.8 Å². The molecule has 1 N–H and O–H groups in total. The van der Waals surface area contributed by atoms with Crippen molar-refractivity contribution in [2.75, 3.05) is 19.6 Å². The van der Waals surface area contributed by atoms with E-state index in [-0.39, 0.29) is 5.91 Å². The van der Waals surface area contributed by atoms with Gasteiger partial charge >= 0.3 is 0 Å². The summed E-state index contributed by atoms with van der Waals surface area (Å²) in [5, 5.41) is 8.19. The number of rotatable bonds is 5. The predicted octanol–water partition coefficient (Wildman–Crippen LogP) is 2.78. The Labute approximate surface area is 149 Å². The average molecular weight is 338 g/mol. The fourth-order valence-corrected chi connectivity index (χ4v) is 3.50. The number of piperidine rings is 1. The number of nitrogens with one attached hydrogen (secondary N) is 1. The zero-order chi connectivity index (χ0) is 17.2. The first-order valence-corrected chi connectivity index (χ1v) is 9.35. The molecule has 5 heteroatoms. The third-order valence-corrected chi connectivity index (χ3v) is 5.32. The summed E-state index contributed by atoms with van der Waals surface area (Å²) in [6.45, 7) is 4.73. The molecule has 1 amide bonds. The van der Waals surface area contributed by atoms with Crippen molar-refractivity contribution in [2.45, 2.75) is 38.6 Å². The summed E-state index contributed by atoms with van der Waals surface area (Å²) in [7, 11) is 0. The number of amides is 1. The normalized spacial score (nSPS) is 18.5. The van der Waals surface area contributed by atoms with Gasteiger partial charge in [-0.05, 0) is 57.2 Å². The Bertz CT molecular complexity index is 727. The van der Waals surface area contributed by atoms with Gasteiger partial charge in [0.1, 0.15) is 0 Å². The molecule has 2 aliphatic rings. The second-order valence-electron chi connectivity index (χ2n) is 7.33. The van der Waals surface area contributed by atoms with Crippen LogP contribution in [0.5, 0.6) is 0 Å². The molecule has 2 aromatic rings. The number of benzene rings is 1. The highest BCUT2D eigenvalue weighted by molar-refractivity contribution is 5.95. The first kappa shape index (κ1) is 16.3.